The summed E-state index contributed by atoms with van der Waals surface area (Å²) in [6.07, 6.45) is 5.19. The Morgan fingerprint density at radius 3 is 2.69 bits per heavy atom. The molecule has 0 bridgehead atoms. The number of rotatable bonds is 7. The third-order valence-electron chi connectivity index (χ3n) is 5.59. The van der Waals surface area contributed by atoms with Crippen LogP contribution in [0, 0.1) is 17.1 Å². The number of hydrogen-bond acceptors (Lipinski definition) is 7. The van der Waals surface area contributed by atoms with E-state index in [1.807, 2.05) is 20.8 Å². The summed E-state index contributed by atoms with van der Waals surface area (Å²) in [7, 11) is 0. The Morgan fingerprint density at radius 2 is 2.03 bits per heavy atom. The Labute approximate surface area is 214 Å². The van der Waals surface area contributed by atoms with Crippen LogP contribution in [0.3, 0.4) is 0 Å². The molecule has 0 unspecified atom stereocenters. The van der Waals surface area contributed by atoms with Gasteiger partial charge in [0.05, 0.1) is 47.0 Å². The van der Waals surface area contributed by atoms with E-state index in [0.717, 1.165) is 12.8 Å². The minimum atomic E-state index is -1.62. The first-order valence-corrected chi connectivity index (χ1v) is 11.9. The second-order valence-corrected chi connectivity index (χ2v) is 10.1. The van der Waals surface area contributed by atoms with Crippen LogP contribution in [0.5, 0.6) is 0 Å². The van der Waals surface area contributed by atoms with Gasteiger partial charge in [-0.25, -0.2) is 9.07 Å². The monoisotopic (exact) mass is 506 g/mol. The van der Waals surface area contributed by atoms with Gasteiger partial charge in [-0.05, 0) is 63.4 Å². The van der Waals surface area contributed by atoms with Crippen molar-refractivity contribution in [2.24, 2.45) is 0 Å². The second kappa shape index (κ2) is 9.37. The lowest BCUT2D eigenvalue weighted by molar-refractivity contribution is 0.0377. The predicted molar refractivity (Wildman–Crippen MR) is 136 cm³/mol. The molecule has 184 valence electrons. The van der Waals surface area contributed by atoms with E-state index in [1.165, 1.54) is 30.5 Å². The van der Waals surface area contributed by atoms with Crippen LogP contribution in [-0.4, -0.2) is 25.6 Å². The molecule has 0 saturated heterocycles. The summed E-state index contributed by atoms with van der Waals surface area (Å²) < 4.78 is 25.0. The molecule has 1 fully saturated rings. The molecule has 2 aromatic heterocycles. The van der Waals surface area contributed by atoms with E-state index in [9.17, 15) is 11.0 Å². The maximum Gasteiger partial charge on any atom is 0.123 e. The maximum absolute atomic E-state index is 13.7. The molecule has 2 N–H and O–H groups in total. The summed E-state index contributed by atoms with van der Waals surface area (Å²) in [6, 6.07) is 9.84. The first-order chi connectivity index (χ1) is 17.6. The van der Waals surface area contributed by atoms with Crippen molar-refractivity contribution < 1.29 is 10.6 Å². The smallest absolute Gasteiger partial charge is 0.123 e. The molecule has 36 heavy (non-hydrogen) atoms. The lowest BCUT2D eigenvalue weighted by atomic mass is 10.0. The molecule has 1 atom stereocenters. The van der Waals surface area contributed by atoms with Gasteiger partial charge in [0.15, 0.2) is 0 Å². The first kappa shape index (κ1) is 22.7. The quantitative estimate of drug-likeness (QED) is 0.289. The number of benzene rings is 2. The van der Waals surface area contributed by atoms with Gasteiger partial charge in [-0.15, -0.1) is 5.10 Å². The topological polar surface area (TPSA) is 101 Å². The number of aromatic nitrogens is 4. The zero-order valence-corrected chi connectivity index (χ0v) is 20.8. The molecule has 0 spiro atoms. The fourth-order valence-electron chi connectivity index (χ4n) is 3.68. The molecule has 1 aliphatic rings. The van der Waals surface area contributed by atoms with Gasteiger partial charge in [-0.1, -0.05) is 28.9 Å². The highest BCUT2D eigenvalue weighted by molar-refractivity contribution is 6.35. The number of anilines is 2. The number of pyridine rings is 1. The largest absolute Gasteiger partial charge is 0.373 e. The van der Waals surface area contributed by atoms with Gasteiger partial charge in [0.25, 0.3) is 0 Å². The van der Waals surface area contributed by atoms with Crippen molar-refractivity contribution in [3.05, 3.63) is 76.5 Å². The van der Waals surface area contributed by atoms with Crippen molar-refractivity contribution in [3.63, 3.8) is 0 Å². The van der Waals surface area contributed by atoms with Gasteiger partial charge in [-0.3, -0.25) is 15.3 Å². The maximum atomic E-state index is 13.7. The molecular weight excluding hydrogens is 481 g/mol. The minimum Gasteiger partial charge on any atom is -0.373 e. The molecule has 1 saturated carbocycles. The number of nitrogens with one attached hydrogen (secondary N) is 2. The van der Waals surface area contributed by atoms with Gasteiger partial charge in [0.1, 0.15) is 17.6 Å². The number of fused-ring (bicyclic) bond motifs is 1. The van der Waals surface area contributed by atoms with Crippen LogP contribution >= 0.6 is 11.6 Å². The normalized spacial score (nSPS) is 15.7. The van der Waals surface area contributed by atoms with E-state index >= 15 is 0 Å². The zero-order valence-electron chi connectivity index (χ0n) is 21.0. The number of nitriles is 1. The fraction of sp³-hybridized carbons (Fsp3) is 0.308. The Balaban J connectivity index is 1.62. The highest BCUT2D eigenvalue weighted by Crippen LogP contribution is 2.37. The van der Waals surface area contributed by atoms with Gasteiger partial charge in [0, 0.05) is 17.3 Å². The van der Waals surface area contributed by atoms with E-state index in [-0.39, 0.29) is 11.6 Å². The molecule has 5 rings (SSSR count). The molecule has 4 aromatic rings. The standard InChI is InChI=1S/C26H25ClFN7O/c1-26(2,3)36-33-23-16(12-29)13-30-25-20(23)10-18(11-21(25)27)31-24(15-4-6-17(28)7-5-15)22-14-35(34-32-22)19-8-9-19/h4-7,10-11,13-14,19,24,31H,8-9H2,1-3H3,(H,30,33)/t24-/m0/s1/i24D. The molecule has 2 aromatic carbocycles. The molecular formula is C26H25ClFN7O. The SMILES string of the molecule is [2H][C@](Nc1cc(Cl)c2ncc(C#N)c(NOC(C)(C)C)c2c1)(c1ccc(F)cc1)c1cn(C2CC2)nn1. The Kier molecular flexibility index (Phi) is 5.91. The van der Waals surface area contributed by atoms with Crippen molar-refractivity contribution in [3.8, 4) is 6.07 Å². The molecule has 0 radical (unpaired) electrons. The molecule has 10 heteroatoms. The van der Waals surface area contributed by atoms with Crippen LogP contribution < -0.4 is 10.8 Å². The van der Waals surface area contributed by atoms with Crippen molar-refractivity contribution in [2.75, 3.05) is 10.8 Å². The van der Waals surface area contributed by atoms with E-state index < -0.39 is 17.4 Å². The average molecular weight is 507 g/mol. The van der Waals surface area contributed by atoms with E-state index in [2.05, 4.69) is 32.2 Å². The summed E-state index contributed by atoms with van der Waals surface area (Å²) in [5, 5.41) is 22.2. The summed E-state index contributed by atoms with van der Waals surface area (Å²) in [5.41, 5.74) is 4.78. The summed E-state index contributed by atoms with van der Waals surface area (Å²) in [5.74, 6) is -0.411. The summed E-state index contributed by atoms with van der Waals surface area (Å²) >= 11 is 6.62. The third kappa shape index (κ3) is 5.10. The molecule has 8 nitrogen and oxygen atoms in total. The van der Waals surface area contributed by atoms with Crippen molar-refractivity contribution in [1.82, 2.24) is 20.0 Å². The van der Waals surface area contributed by atoms with Crippen LogP contribution in [-0.2, 0) is 4.84 Å². The van der Waals surface area contributed by atoms with Gasteiger partial charge >= 0.3 is 0 Å². The molecule has 2 heterocycles. The second-order valence-electron chi connectivity index (χ2n) is 9.65. The van der Waals surface area contributed by atoms with Crippen molar-refractivity contribution in [2.45, 2.75) is 51.3 Å². The van der Waals surface area contributed by atoms with Gasteiger partial charge < -0.3 is 5.32 Å². The Bertz CT molecular complexity index is 1510. The highest BCUT2D eigenvalue weighted by atomic mass is 35.5. The van der Waals surface area contributed by atoms with Crippen LogP contribution in [0.1, 0.15) is 63.9 Å². The number of nitrogens with zero attached hydrogens (tertiary/aromatic N) is 5. The van der Waals surface area contributed by atoms with Gasteiger partial charge in [-0.2, -0.15) is 5.26 Å². The van der Waals surface area contributed by atoms with Crippen molar-refractivity contribution >= 4 is 33.9 Å². The minimum absolute atomic E-state index is 0.271. The number of hydrogen-bond donors (Lipinski definition) is 2. The van der Waals surface area contributed by atoms with Crippen LogP contribution in [0.25, 0.3) is 10.9 Å². The first-order valence-electron chi connectivity index (χ1n) is 12.0. The molecule has 0 amide bonds. The Morgan fingerprint density at radius 1 is 1.28 bits per heavy atom. The lowest BCUT2D eigenvalue weighted by Gasteiger charge is -2.22. The number of halogens is 2. The molecule has 0 aliphatic heterocycles. The average Bonchev–Trinajstić information content (AvgIpc) is 3.58. The van der Waals surface area contributed by atoms with Crippen LogP contribution in [0.15, 0.2) is 48.8 Å². The summed E-state index contributed by atoms with van der Waals surface area (Å²) in [6.45, 7) is 5.63. The highest BCUT2D eigenvalue weighted by Gasteiger charge is 2.27. The third-order valence-corrected chi connectivity index (χ3v) is 5.88. The molecule has 1 aliphatic carbocycles. The zero-order chi connectivity index (χ0) is 26.4. The van der Waals surface area contributed by atoms with E-state index in [0.29, 0.717) is 38.6 Å². The van der Waals surface area contributed by atoms with Crippen molar-refractivity contribution in [1.29, 1.82) is 5.26 Å². The Hall–Kier alpha value is -3.74. The fourth-order valence-corrected chi connectivity index (χ4v) is 3.95. The predicted octanol–water partition coefficient (Wildman–Crippen LogP) is 6.17. The van der Waals surface area contributed by atoms with Crippen LogP contribution in [0.2, 0.25) is 5.02 Å². The van der Waals surface area contributed by atoms with Crippen LogP contribution in [0.4, 0.5) is 15.8 Å². The van der Waals surface area contributed by atoms with E-state index in [1.54, 1.807) is 23.0 Å². The van der Waals surface area contributed by atoms with E-state index in [4.69, 9.17) is 16.4 Å². The summed E-state index contributed by atoms with van der Waals surface area (Å²) in [4.78, 5) is 10.1. The van der Waals surface area contributed by atoms with Gasteiger partial charge in [0.2, 0.25) is 0 Å². The lowest BCUT2D eigenvalue weighted by Crippen LogP contribution is -2.23.